The minimum Gasteiger partial charge on any atom is -0.496 e. The zero-order valence-electron chi connectivity index (χ0n) is 17.8. The van der Waals surface area contributed by atoms with Crippen molar-refractivity contribution in [3.63, 3.8) is 0 Å². The number of hydrogen-bond donors (Lipinski definition) is 2. The van der Waals surface area contributed by atoms with Gasteiger partial charge in [-0.2, -0.15) is 5.10 Å². The van der Waals surface area contributed by atoms with Crippen molar-refractivity contribution in [1.82, 2.24) is 10.7 Å². The molecule has 4 rings (SSSR count). The number of hydrazone groups is 1. The molecule has 0 radical (unpaired) electrons. The second kappa shape index (κ2) is 10.4. The first-order valence-corrected chi connectivity index (χ1v) is 11.0. The molecule has 3 aromatic carbocycles. The molecule has 0 spiro atoms. The molecule has 0 unspecified atom stereocenters. The van der Waals surface area contributed by atoms with Crippen LogP contribution in [-0.2, 0) is 4.79 Å². The van der Waals surface area contributed by atoms with E-state index in [0.29, 0.717) is 11.3 Å². The Hall–Kier alpha value is -4.23. The summed E-state index contributed by atoms with van der Waals surface area (Å²) in [5, 5.41) is 10.7. The smallest absolute Gasteiger partial charge is 0.287 e. The van der Waals surface area contributed by atoms with Crippen molar-refractivity contribution < 1.29 is 14.3 Å². The van der Waals surface area contributed by atoms with Crippen LogP contribution in [0.25, 0.3) is 16.8 Å². The molecule has 1 aromatic heterocycles. The summed E-state index contributed by atoms with van der Waals surface area (Å²) in [6, 6.07) is 24.1. The first-order valence-electron chi connectivity index (χ1n) is 10.2. The van der Waals surface area contributed by atoms with Crippen LogP contribution < -0.4 is 15.5 Å². The molecule has 2 N–H and O–H groups in total. The lowest BCUT2D eigenvalue weighted by atomic mass is 10.0. The molecule has 0 saturated carbocycles. The predicted octanol–water partition coefficient (Wildman–Crippen LogP) is 4.83. The lowest BCUT2D eigenvalue weighted by Crippen LogP contribution is -2.32. The van der Waals surface area contributed by atoms with Crippen LogP contribution in [0.5, 0.6) is 5.75 Å². The number of methoxy groups -OCH3 is 1. The van der Waals surface area contributed by atoms with E-state index in [1.165, 1.54) is 11.3 Å². The molecule has 6 nitrogen and oxygen atoms in total. The number of carbonyl (C=O) groups is 2. The second-order valence-electron chi connectivity index (χ2n) is 7.00. The number of amides is 2. The Balaban J connectivity index is 1.57. The van der Waals surface area contributed by atoms with E-state index >= 15 is 0 Å². The highest BCUT2D eigenvalue weighted by Gasteiger charge is 2.15. The monoisotopic (exact) mass is 455 g/mol. The van der Waals surface area contributed by atoms with Crippen molar-refractivity contribution in [3.8, 4) is 5.75 Å². The van der Waals surface area contributed by atoms with Crippen molar-refractivity contribution in [3.05, 3.63) is 106 Å². The Morgan fingerprint density at radius 3 is 2.48 bits per heavy atom. The number of benzene rings is 3. The molecule has 0 aliphatic carbocycles. The molecule has 164 valence electrons. The van der Waals surface area contributed by atoms with Crippen LogP contribution in [0.1, 0.15) is 20.8 Å². The zero-order valence-corrected chi connectivity index (χ0v) is 18.6. The maximum Gasteiger partial charge on any atom is 0.287 e. The first kappa shape index (κ1) is 22.0. The minimum atomic E-state index is -0.539. The largest absolute Gasteiger partial charge is 0.496 e. The van der Waals surface area contributed by atoms with Gasteiger partial charge in [-0.1, -0.05) is 54.6 Å². The van der Waals surface area contributed by atoms with Crippen molar-refractivity contribution in [2.75, 3.05) is 7.11 Å². The van der Waals surface area contributed by atoms with Gasteiger partial charge in [-0.3, -0.25) is 9.59 Å². The van der Waals surface area contributed by atoms with Gasteiger partial charge in [0.05, 0.1) is 13.3 Å². The van der Waals surface area contributed by atoms with E-state index in [1.807, 2.05) is 60.0 Å². The van der Waals surface area contributed by atoms with E-state index in [4.69, 9.17) is 4.74 Å². The fourth-order valence-corrected chi connectivity index (χ4v) is 3.92. The van der Waals surface area contributed by atoms with E-state index in [1.54, 1.807) is 43.7 Å². The average molecular weight is 456 g/mol. The molecule has 0 fully saturated rings. The highest BCUT2D eigenvalue weighted by atomic mass is 32.1. The zero-order chi connectivity index (χ0) is 23.0. The molecule has 0 saturated heterocycles. The molecule has 33 heavy (non-hydrogen) atoms. The van der Waals surface area contributed by atoms with Crippen molar-refractivity contribution in [1.29, 1.82) is 0 Å². The van der Waals surface area contributed by atoms with Crippen molar-refractivity contribution in [2.24, 2.45) is 5.10 Å². The molecular formula is C26H21N3O3S. The molecular weight excluding hydrogens is 434 g/mol. The van der Waals surface area contributed by atoms with Gasteiger partial charge in [-0.05, 0) is 46.5 Å². The van der Waals surface area contributed by atoms with E-state index < -0.39 is 5.91 Å². The summed E-state index contributed by atoms with van der Waals surface area (Å²) in [5.74, 6) is -0.283. The Kier molecular flexibility index (Phi) is 6.92. The first-order chi connectivity index (χ1) is 16.2. The summed E-state index contributed by atoms with van der Waals surface area (Å²) in [5.41, 5.74) is 3.80. The van der Waals surface area contributed by atoms with Gasteiger partial charge in [0.2, 0.25) is 0 Å². The summed E-state index contributed by atoms with van der Waals surface area (Å²) >= 11 is 1.46. The van der Waals surface area contributed by atoms with Crippen LogP contribution in [0.2, 0.25) is 0 Å². The van der Waals surface area contributed by atoms with Crippen LogP contribution in [0, 0.1) is 0 Å². The van der Waals surface area contributed by atoms with Crippen molar-refractivity contribution >= 4 is 46.2 Å². The summed E-state index contributed by atoms with van der Waals surface area (Å²) in [6.45, 7) is 0. The lowest BCUT2D eigenvalue weighted by Gasteiger charge is -2.10. The van der Waals surface area contributed by atoms with Gasteiger partial charge in [0.1, 0.15) is 11.4 Å². The number of rotatable bonds is 7. The molecule has 0 aliphatic rings. The summed E-state index contributed by atoms with van der Waals surface area (Å²) in [7, 11) is 1.58. The van der Waals surface area contributed by atoms with Crippen LogP contribution in [0.15, 0.2) is 95.0 Å². The minimum absolute atomic E-state index is 0.0911. The van der Waals surface area contributed by atoms with Gasteiger partial charge in [-0.15, -0.1) is 11.3 Å². The SMILES string of the molecule is COc1ccc2ccccc2c1C=NNC(=O)C(=Cc1cccs1)NC(=O)c1ccccc1. The number of thiophene rings is 1. The third-order valence-electron chi connectivity index (χ3n) is 4.87. The van der Waals surface area contributed by atoms with Gasteiger partial charge in [-0.25, -0.2) is 5.43 Å². The fourth-order valence-electron chi connectivity index (χ4n) is 3.26. The van der Waals surface area contributed by atoms with Gasteiger partial charge >= 0.3 is 0 Å². The molecule has 7 heteroatoms. The number of carbonyl (C=O) groups excluding carboxylic acids is 2. The van der Waals surface area contributed by atoms with Gasteiger partial charge in [0, 0.05) is 16.0 Å². The number of nitrogens with one attached hydrogen (secondary N) is 2. The van der Waals surface area contributed by atoms with Gasteiger partial charge in [0.15, 0.2) is 0 Å². The normalized spacial score (nSPS) is 11.5. The van der Waals surface area contributed by atoms with Crippen molar-refractivity contribution in [2.45, 2.75) is 0 Å². The average Bonchev–Trinajstić information content (AvgIpc) is 3.37. The van der Waals surface area contributed by atoms with Crippen LogP contribution >= 0.6 is 11.3 Å². The summed E-state index contributed by atoms with van der Waals surface area (Å²) in [4.78, 5) is 26.4. The van der Waals surface area contributed by atoms with Crippen LogP contribution in [-0.4, -0.2) is 25.1 Å². The van der Waals surface area contributed by atoms with Crippen LogP contribution in [0.4, 0.5) is 0 Å². The maximum absolute atomic E-state index is 12.9. The van der Waals surface area contributed by atoms with E-state index in [-0.39, 0.29) is 11.6 Å². The molecule has 0 bridgehead atoms. The van der Waals surface area contributed by atoms with Gasteiger partial charge in [0.25, 0.3) is 11.8 Å². The topological polar surface area (TPSA) is 79.8 Å². The van der Waals surface area contributed by atoms with Gasteiger partial charge < -0.3 is 10.1 Å². The molecule has 1 heterocycles. The molecule has 0 atom stereocenters. The Bertz CT molecular complexity index is 1330. The quantitative estimate of drug-likeness (QED) is 0.238. The maximum atomic E-state index is 12.9. The van der Waals surface area contributed by atoms with E-state index in [9.17, 15) is 9.59 Å². The lowest BCUT2D eigenvalue weighted by molar-refractivity contribution is -0.117. The number of ether oxygens (including phenoxy) is 1. The summed E-state index contributed by atoms with van der Waals surface area (Å²) in [6.07, 6.45) is 3.16. The fraction of sp³-hybridized carbons (Fsp3) is 0.0385. The van der Waals surface area contributed by atoms with E-state index in [0.717, 1.165) is 21.2 Å². The molecule has 0 aliphatic heterocycles. The Morgan fingerprint density at radius 2 is 1.73 bits per heavy atom. The standard InChI is InChI=1S/C26H21N3O3S/c1-32-24-14-13-18-8-5-6-12-21(18)22(24)17-27-29-26(31)23(16-20-11-7-15-33-20)28-25(30)19-9-3-2-4-10-19/h2-17H,1H3,(H,28,30)(H,29,31). The highest BCUT2D eigenvalue weighted by Crippen LogP contribution is 2.26. The van der Waals surface area contributed by atoms with Crippen LogP contribution in [0.3, 0.4) is 0 Å². The molecule has 4 aromatic rings. The third-order valence-corrected chi connectivity index (χ3v) is 5.69. The molecule has 2 amide bonds. The summed E-state index contributed by atoms with van der Waals surface area (Å²) < 4.78 is 5.46. The highest BCUT2D eigenvalue weighted by molar-refractivity contribution is 7.10. The number of hydrogen-bond acceptors (Lipinski definition) is 5. The number of fused-ring (bicyclic) bond motifs is 1. The Morgan fingerprint density at radius 1 is 0.939 bits per heavy atom. The third kappa shape index (κ3) is 5.34. The number of nitrogens with zero attached hydrogens (tertiary/aromatic N) is 1. The van der Waals surface area contributed by atoms with E-state index in [2.05, 4.69) is 15.8 Å². The predicted molar refractivity (Wildman–Crippen MR) is 132 cm³/mol. The second-order valence-corrected chi connectivity index (χ2v) is 7.97. The Labute approximate surface area is 195 Å².